The fourth-order valence-electron chi connectivity index (χ4n) is 2.66. The molecule has 23 heavy (non-hydrogen) atoms. The zero-order valence-corrected chi connectivity index (χ0v) is 14.7. The molecule has 1 saturated heterocycles. The average molecular weight is 344 g/mol. The van der Waals surface area contributed by atoms with Gasteiger partial charge in [0.15, 0.2) is 0 Å². The number of amides is 1. The van der Waals surface area contributed by atoms with Gasteiger partial charge in [0.1, 0.15) is 5.69 Å². The molecule has 130 valence electrons. The van der Waals surface area contributed by atoms with Gasteiger partial charge in [-0.2, -0.15) is 5.10 Å². The summed E-state index contributed by atoms with van der Waals surface area (Å²) < 4.78 is 26.6. The van der Waals surface area contributed by atoms with E-state index in [1.165, 1.54) is 23.7 Å². The average Bonchev–Trinajstić information content (AvgIpc) is 3.01. The molecule has 0 spiro atoms. The lowest BCUT2D eigenvalue weighted by atomic mass is 10.1. The van der Waals surface area contributed by atoms with Crippen LogP contribution in [-0.2, 0) is 23.5 Å². The zero-order valence-electron chi connectivity index (χ0n) is 13.9. The molecule has 1 fully saturated rings. The highest BCUT2D eigenvalue weighted by molar-refractivity contribution is 7.89. The molecule has 0 bridgehead atoms. The second-order valence-electron chi connectivity index (χ2n) is 6.10. The van der Waals surface area contributed by atoms with Gasteiger partial charge in [-0.3, -0.25) is 9.48 Å². The molecule has 2 heterocycles. The Bertz CT molecular complexity index is 683. The number of hydrogen-bond acceptors (Lipinski definition) is 5. The number of β-amino-alcohol motifs (C(OH)–C–C–N with tert-alkyl or cyclic N) is 1. The third-order valence-corrected chi connectivity index (χ3v) is 6.15. The van der Waals surface area contributed by atoms with Crippen molar-refractivity contribution in [1.29, 1.82) is 0 Å². The zero-order chi connectivity index (χ0) is 17.4. The number of nitrogens with zero attached hydrogens (tertiary/aromatic N) is 4. The van der Waals surface area contributed by atoms with Gasteiger partial charge >= 0.3 is 0 Å². The molecule has 0 radical (unpaired) electrons. The molecule has 1 N–H and O–H groups in total. The minimum Gasteiger partial charge on any atom is -0.391 e. The van der Waals surface area contributed by atoms with Gasteiger partial charge in [-0.1, -0.05) is 6.92 Å². The summed E-state index contributed by atoms with van der Waals surface area (Å²) in [6.45, 7) is 2.32. The summed E-state index contributed by atoms with van der Waals surface area (Å²) in [4.78, 5) is 14.1. The standard InChI is InChI=1S/C14H24N4O4S/c1-5-11-6-12(17(4)15-11)14(20)18-7-10(13(19)8-18)9-23(21,22)16(2)3/h6,10,13,19H,5,7-9H2,1-4H3/t10-,13-/m0/s1. The van der Waals surface area contributed by atoms with Crippen LogP contribution in [0.4, 0.5) is 0 Å². The van der Waals surface area contributed by atoms with Gasteiger partial charge in [-0.05, 0) is 12.5 Å². The molecule has 1 aliphatic rings. The van der Waals surface area contributed by atoms with Crippen molar-refractivity contribution < 1.29 is 18.3 Å². The van der Waals surface area contributed by atoms with E-state index in [-0.39, 0.29) is 24.7 Å². The second-order valence-corrected chi connectivity index (χ2v) is 8.32. The van der Waals surface area contributed by atoms with Crippen molar-refractivity contribution >= 4 is 15.9 Å². The van der Waals surface area contributed by atoms with E-state index in [0.717, 1.165) is 16.4 Å². The van der Waals surface area contributed by atoms with E-state index >= 15 is 0 Å². The van der Waals surface area contributed by atoms with Crippen LogP contribution in [0.3, 0.4) is 0 Å². The summed E-state index contributed by atoms with van der Waals surface area (Å²) in [5, 5.41) is 14.4. The fourth-order valence-corrected chi connectivity index (χ4v) is 3.83. The molecular formula is C14H24N4O4S. The lowest BCUT2D eigenvalue weighted by molar-refractivity contribution is 0.0754. The van der Waals surface area contributed by atoms with E-state index < -0.39 is 22.0 Å². The quantitative estimate of drug-likeness (QED) is 0.762. The number of rotatable bonds is 5. The van der Waals surface area contributed by atoms with Crippen LogP contribution in [0, 0.1) is 5.92 Å². The van der Waals surface area contributed by atoms with Crippen LogP contribution in [0.25, 0.3) is 0 Å². The van der Waals surface area contributed by atoms with Gasteiger partial charge in [-0.25, -0.2) is 12.7 Å². The number of sulfonamides is 1. The number of likely N-dealkylation sites (tertiary alicyclic amines) is 1. The van der Waals surface area contributed by atoms with Crippen LogP contribution in [-0.4, -0.2) is 77.5 Å². The maximum absolute atomic E-state index is 12.6. The van der Waals surface area contributed by atoms with Crippen molar-refractivity contribution in [1.82, 2.24) is 19.0 Å². The summed E-state index contributed by atoms with van der Waals surface area (Å²) in [7, 11) is 1.20. The number of hydrogen-bond donors (Lipinski definition) is 1. The van der Waals surface area contributed by atoms with Crippen molar-refractivity contribution in [3.05, 3.63) is 17.5 Å². The van der Waals surface area contributed by atoms with Gasteiger partial charge in [0.25, 0.3) is 5.91 Å². The number of carbonyl (C=O) groups is 1. The lowest BCUT2D eigenvalue weighted by Crippen LogP contribution is -2.34. The molecule has 0 saturated carbocycles. The third kappa shape index (κ3) is 3.73. The highest BCUT2D eigenvalue weighted by Crippen LogP contribution is 2.22. The van der Waals surface area contributed by atoms with Crippen molar-refractivity contribution in [2.45, 2.75) is 19.4 Å². The van der Waals surface area contributed by atoms with Crippen LogP contribution < -0.4 is 0 Å². The van der Waals surface area contributed by atoms with Gasteiger partial charge in [0.05, 0.1) is 17.6 Å². The Hall–Kier alpha value is -1.45. The summed E-state index contributed by atoms with van der Waals surface area (Å²) in [5.41, 5.74) is 1.27. The molecule has 0 aliphatic carbocycles. The van der Waals surface area contributed by atoms with Crippen molar-refractivity contribution in [3.63, 3.8) is 0 Å². The monoisotopic (exact) mass is 344 g/mol. The predicted molar refractivity (Wildman–Crippen MR) is 85.5 cm³/mol. The van der Waals surface area contributed by atoms with Crippen molar-refractivity contribution in [2.75, 3.05) is 32.9 Å². The Morgan fingerprint density at radius 1 is 1.43 bits per heavy atom. The maximum atomic E-state index is 12.6. The van der Waals surface area contributed by atoms with Crippen LogP contribution in [0.5, 0.6) is 0 Å². The molecule has 1 amide bonds. The van der Waals surface area contributed by atoms with Gasteiger partial charge < -0.3 is 10.0 Å². The SMILES string of the molecule is CCc1cc(C(=O)N2C[C@@H](CS(=O)(=O)N(C)C)[C@@H](O)C2)n(C)n1. The van der Waals surface area contributed by atoms with E-state index in [1.807, 2.05) is 6.92 Å². The molecule has 9 heteroatoms. The molecule has 0 unspecified atom stereocenters. The largest absolute Gasteiger partial charge is 0.391 e. The Labute approximate surface area is 136 Å². The van der Waals surface area contributed by atoms with E-state index in [1.54, 1.807) is 13.1 Å². The van der Waals surface area contributed by atoms with Gasteiger partial charge in [0, 0.05) is 40.2 Å². The minimum atomic E-state index is -3.42. The Morgan fingerprint density at radius 3 is 2.61 bits per heavy atom. The first-order valence-corrected chi connectivity index (χ1v) is 9.17. The Morgan fingerprint density at radius 2 is 2.09 bits per heavy atom. The summed E-state index contributed by atoms with van der Waals surface area (Å²) in [6.07, 6.45) is -0.111. The van der Waals surface area contributed by atoms with E-state index in [0.29, 0.717) is 5.69 Å². The molecule has 1 aliphatic heterocycles. The number of aliphatic hydroxyl groups excluding tert-OH is 1. The molecule has 2 atom stereocenters. The molecular weight excluding hydrogens is 320 g/mol. The highest BCUT2D eigenvalue weighted by atomic mass is 32.2. The first-order chi connectivity index (χ1) is 10.7. The molecule has 0 aromatic carbocycles. The number of aliphatic hydroxyl groups is 1. The van der Waals surface area contributed by atoms with Crippen LogP contribution in [0.2, 0.25) is 0 Å². The number of aromatic nitrogens is 2. The first kappa shape index (κ1) is 17.9. The summed E-state index contributed by atoms with van der Waals surface area (Å²) >= 11 is 0. The lowest BCUT2D eigenvalue weighted by Gasteiger charge is -2.18. The fraction of sp³-hybridized carbons (Fsp3) is 0.714. The minimum absolute atomic E-state index is 0.138. The molecule has 1 aromatic rings. The number of aryl methyl sites for hydroxylation is 2. The van der Waals surface area contributed by atoms with Crippen LogP contribution >= 0.6 is 0 Å². The third-order valence-electron chi connectivity index (χ3n) is 4.19. The first-order valence-electron chi connectivity index (χ1n) is 7.56. The second kappa shape index (κ2) is 6.58. The Kier molecular flexibility index (Phi) is 5.12. The number of carbonyl (C=O) groups excluding carboxylic acids is 1. The highest BCUT2D eigenvalue weighted by Gasteiger charge is 2.38. The predicted octanol–water partition coefficient (Wildman–Crippen LogP) is -0.693. The van der Waals surface area contributed by atoms with Crippen LogP contribution in [0.1, 0.15) is 23.1 Å². The van der Waals surface area contributed by atoms with E-state index in [4.69, 9.17) is 0 Å². The van der Waals surface area contributed by atoms with E-state index in [9.17, 15) is 18.3 Å². The van der Waals surface area contributed by atoms with Crippen molar-refractivity contribution in [3.8, 4) is 0 Å². The van der Waals surface area contributed by atoms with Gasteiger partial charge in [-0.15, -0.1) is 0 Å². The molecule has 2 rings (SSSR count). The van der Waals surface area contributed by atoms with E-state index in [2.05, 4.69) is 5.10 Å². The molecule has 8 nitrogen and oxygen atoms in total. The van der Waals surface area contributed by atoms with Crippen LogP contribution in [0.15, 0.2) is 6.07 Å². The maximum Gasteiger partial charge on any atom is 0.272 e. The smallest absolute Gasteiger partial charge is 0.272 e. The molecule has 1 aromatic heterocycles. The normalized spacial score (nSPS) is 22.1. The Balaban J connectivity index is 2.11. The topological polar surface area (TPSA) is 95.7 Å². The summed E-state index contributed by atoms with van der Waals surface area (Å²) in [5.74, 6) is -0.884. The van der Waals surface area contributed by atoms with Gasteiger partial charge in [0.2, 0.25) is 10.0 Å². The van der Waals surface area contributed by atoms with Crippen molar-refractivity contribution in [2.24, 2.45) is 13.0 Å². The summed E-state index contributed by atoms with van der Waals surface area (Å²) in [6, 6.07) is 1.73.